The van der Waals surface area contributed by atoms with Gasteiger partial charge in [-0.1, -0.05) is 6.07 Å². The molecule has 7 heteroatoms. The van der Waals surface area contributed by atoms with Crippen molar-refractivity contribution in [3.63, 3.8) is 0 Å². The number of nitrogens with one attached hydrogen (secondary N) is 2. The van der Waals surface area contributed by atoms with Crippen LogP contribution in [-0.4, -0.2) is 36.1 Å². The molecule has 3 aromatic rings. The van der Waals surface area contributed by atoms with Gasteiger partial charge >= 0.3 is 0 Å². The van der Waals surface area contributed by atoms with Crippen LogP contribution in [0.5, 0.6) is 11.5 Å². The van der Waals surface area contributed by atoms with Gasteiger partial charge < -0.3 is 20.1 Å². The second-order valence-corrected chi connectivity index (χ2v) is 5.92. The number of pyridine rings is 2. The van der Waals surface area contributed by atoms with E-state index < -0.39 is 0 Å². The maximum absolute atomic E-state index is 12.3. The molecule has 0 unspecified atom stereocenters. The first kappa shape index (κ1) is 19.2. The fourth-order valence-electron chi connectivity index (χ4n) is 2.48. The highest BCUT2D eigenvalue weighted by Gasteiger charge is 2.07. The molecule has 0 atom stereocenters. The predicted molar refractivity (Wildman–Crippen MR) is 107 cm³/mol. The van der Waals surface area contributed by atoms with Crippen LogP contribution in [0.25, 0.3) is 0 Å². The third-order valence-electron chi connectivity index (χ3n) is 3.93. The van der Waals surface area contributed by atoms with Gasteiger partial charge in [0.05, 0.1) is 13.7 Å². The Morgan fingerprint density at radius 1 is 1.07 bits per heavy atom. The van der Waals surface area contributed by atoms with Crippen LogP contribution in [0, 0.1) is 0 Å². The number of carbonyl (C=O) groups excluding carboxylic acids is 1. The molecular formula is C21H22N4O3. The van der Waals surface area contributed by atoms with E-state index in [0.29, 0.717) is 31.1 Å². The van der Waals surface area contributed by atoms with E-state index in [4.69, 9.17) is 9.47 Å². The van der Waals surface area contributed by atoms with Crippen LogP contribution in [0.4, 0.5) is 5.82 Å². The summed E-state index contributed by atoms with van der Waals surface area (Å²) in [5.41, 5.74) is 1.48. The standard InChI is InChI=1S/C21H22N4O3/c1-27-18-4-6-19(7-5-18)28-12-11-24-20-13-17(8-10-23-20)21(26)25-15-16-3-2-9-22-14-16/h2-10,13-14H,11-12,15H2,1H3,(H,23,24)(H,25,26). The summed E-state index contributed by atoms with van der Waals surface area (Å²) < 4.78 is 10.8. The van der Waals surface area contributed by atoms with Crippen molar-refractivity contribution < 1.29 is 14.3 Å². The second-order valence-electron chi connectivity index (χ2n) is 5.92. The molecule has 0 saturated carbocycles. The van der Waals surface area contributed by atoms with Gasteiger partial charge in [0.25, 0.3) is 5.91 Å². The lowest BCUT2D eigenvalue weighted by Gasteiger charge is -2.10. The van der Waals surface area contributed by atoms with Gasteiger partial charge in [-0.2, -0.15) is 0 Å². The monoisotopic (exact) mass is 378 g/mol. The molecule has 0 spiro atoms. The Balaban J connectivity index is 1.45. The Hall–Kier alpha value is -3.61. The third-order valence-corrected chi connectivity index (χ3v) is 3.93. The van der Waals surface area contributed by atoms with E-state index in [-0.39, 0.29) is 5.91 Å². The minimum Gasteiger partial charge on any atom is -0.497 e. The van der Waals surface area contributed by atoms with E-state index in [1.165, 1.54) is 0 Å². The minimum atomic E-state index is -0.163. The molecule has 2 heterocycles. The van der Waals surface area contributed by atoms with Gasteiger partial charge in [0.2, 0.25) is 0 Å². The molecule has 3 rings (SSSR count). The average molecular weight is 378 g/mol. The first-order chi connectivity index (χ1) is 13.7. The molecule has 0 fully saturated rings. The zero-order valence-electron chi connectivity index (χ0n) is 15.6. The van der Waals surface area contributed by atoms with E-state index in [1.54, 1.807) is 37.8 Å². The van der Waals surface area contributed by atoms with Crippen molar-refractivity contribution in [3.8, 4) is 11.5 Å². The van der Waals surface area contributed by atoms with Crippen LogP contribution < -0.4 is 20.1 Å². The molecule has 0 aliphatic heterocycles. The predicted octanol–water partition coefficient (Wildman–Crippen LogP) is 2.91. The van der Waals surface area contributed by atoms with Crippen LogP contribution in [-0.2, 0) is 6.54 Å². The Kier molecular flexibility index (Phi) is 6.78. The topological polar surface area (TPSA) is 85.4 Å². The van der Waals surface area contributed by atoms with Crippen molar-refractivity contribution in [2.45, 2.75) is 6.54 Å². The Bertz CT molecular complexity index is 886. The number of anilines is 1. The third kappa shape index (κ3) is 5.70. The lowest BCUT2D eigenvalue weighted by Crippen LogP contribution is -2.23. The molecule has 0 aliphatic carbocycles. The summed E-state index contributed by atoms with van der Waals surface area (Å²) in [4.78, 5) is 20.6. The normalized spacial score (nSPS) is 10.2. The van der Waals surface area contributed by atoms with Crippen molar-refractivity contribution in [1.82, 2.24) is 15.3 Å². The van der Waals surface area contributed by atoms with Crippen LogP contribution >= 0.6 is 0 Å². The number of aromatic nitrogens is 2. The molecule has 0 aliphatic rings. The van der Waals surface area contributed by atoms with Crippen LogP contribution in [0.1, 0.15) is 15.9 Å². The van der Waals surface area contributed by atoms with Crippen molar-refractivity contribution in [3.05, 3.63) is 78.2 Å². The Morgan fingerprint density at radius 2 is 1.89 bits per heavy atom. The number of rotatable bonds is 9. The molecule has 28 heavy (non-hydrogen) atoms. The van der Waals surface area contributed by atoms with Crippen molar-refractivity contribution in [2.24, 2.45) is 0 Å². The highest BCUT2D eigenvalue weighted by molar-refractivity contribution is 5.94. The maximum Gasteiger partial charge on any atom is 0.251 e. The smallest absolute Gasteiger partial charge is 0.251 e. The molecule has 2 N–H and O–H groups in total. The molecule has 1 aromatic carbocycles. The average Bonchev–Trinajstić information content (AvgIpc) is 2.76. The summed E-state index contributed by atoms with van der Waals surface area (Å²) >= 11 is 0. The van der Waals surface area contributed by atoms with Crippen molar-refractivity contribution >= 4 is 11.7 Å². The molecule has 2 aromatic heterocycles. The largest absolute Gasteiger partial charge is 0.497 e. The van der Waals surface area contributed by atoms with E-state index in [1.807, 2.05) is 36.4 Å². The SMILES string of the molecule is COc1ccc(OCCNc2cc(C(=O)NCc3cccnc3)ccn2)cc1. The van der Waals surface area contributed by atoms with E-state index in [2.05, 4.69) is 20.6 Å². The number of nitrogens with zero attached hydrogens (tertiary/aromatic N) is 2. The summed E-state index contributed by atoms with van der Waals surface area (Å²) in [6.45, 7) is 1.44. The molecule has 1 amide bonds. The molecule has 144 valence electrons. The number of methoxy groups -OCH3 is 1. The molecule has 0 radical (unpaired) electrons. The summed E-state index contributed by atoms with van der Waals surface area (Å²) in [6, 6.07) is 14.5. The second kappa shape index (κ2) is 9.91. The minimum absolute atomic E-state index is 0.163. The van der Waals surface area contributed by atoms with Crippen molar-refractivity contribution in [1.29, 1.82) is 0 Å². The quantitative estimate of drug-likeness (QED) is 0.557. The zero-order valence-corrected chi connectivity index (χ0v) is 15.6. The molecular weight excluding hydrogens is 356 g/mol. The van der Waals surface area contributed by atoms with Gasteiger partial charge in [-0.15, -0.1) is 0 Å². The Labute approximate surface area is 163 Å². The first-order valence-electron chi connectivity index (χ1n) is 8.88. The van der Waals surface area contributed by atoms with Crippen molar-refractivity contribution in [2.75, 3.05) is 25.6 Å². The summed E-state index contributed by atoms with van der Waals surface area (Å²) in [7, 11) is 1.63. The lowest BCUT2D eigenvalue weighted by atomic mass is 10.2. The molecule has 7 nitrogen and oxygen atoms in total. The number of amides is 1. The highest BCUT2D eigenvalue weighted by Crippen LogP contribution is 2.16. The summed E-state index contributed by atoms with van der Waals surface area (Å²) in [6.07, 6.45) is 5.03. The number of hydrogen-bond donors (Lipinski definition) is 2. The van der Waals surface area contributed by atoms with E-state index in [0.717, 1.165) is 17.1 Å². The van der Waals surface area contributed by atoms with E-state index >= 15 is 0 Å². The van der Waals surface area contributed by atoms with Gasteiger partial charge in [-0.25, -0.2) is 4.98 Å². The number of ether oxygens (including phenoxy) is 2. The summed E-state index contributed by atoms with van der Waals surface area (Å²) in [5, 5.41) is 6.03. The number of benzene rings is 1. The number of carbonyl (C=O) groups is 1. The van der Waals surface area contributed by atoms with E-state index in [9.17, 15) is 4.79 Å². The first-order valence-corrected chi connectivity index (χ1v) is 8.88. The van der Waals surface area contributed by atoms with Crippen LogP contribution in [0.2, 0.25) is 0 Å². The number of hydrogen-bond acceptors (Lipinski definition) is 6. The molecule has 0 saturated heterocycles. The van der Waals surface area contributed by atoms with Gasteiger partial charge in [0.15, 0.2) is 0 Å². The van der Waals surface area contributed by atoms with Gasteiger partial charge in [0.1, 0.15) is 23.9 Å². The summed E-state index contributed by atoms with van der Waals surface area (Å²) in [5.74, 6) is 2.00. The van der Waals surface area contributed by atoms with Crippen LogP contribution in [0.15, 0.2) is 67.1 Å². The van der Waals surface area contributed by atoms with Gasteiger partial charge in [-0.05, 0) is 48.0 Å². The highest BCUT2D eigenvalue weighted by atomic mass is 16.5. The molecule has 0 bridgehead atoms. The lowest BCUT2D eigenvalue weighted by molar-refractivity contribution is 0.0951. The van der Waals surface area contributed by atoms with Gasteiger partial charge in [-0.3, -0.25) is 9.78 Å². The zero-order chi connectivity index (χ0) is 19.6. The maximum atomic E-state index is 12.3. The fourth-order valence-corrected chi connectivity index (χ4v) is 2.48. The fraction of sp³-hybridized carbons (Fsp3) is 0.190. The van der Waals surface area contributed by atoms with Gasteiger partial charge in [0, 0.05) is 30.7 Å². The van der Waals surface area contributed by atoms with Crippen LogP contribution in [0.3, 0.4) is 0 Å². The Morgan fingerprint density at radius 3 is 2.64 bits per heavy atom.